The third-order valence-corrected chi connectivity index (χ3v) is 11.3. The lowest BCUT2D eigenvalue weighted by Gasteiger charge is -2.56. The minimum absolute atomic E-state index is 0.0537. The highest BCUT2D eigenvalue weighted by Crippen LogP contribution is 2.60. The Labute approximate surface area is 363 Å². The van der Waals surface area contributed by atoms with Crippen molar-refractivity contribution in [1.29, 1.82) is 0 Å². The molecule has 2 aromatic carbocycles. The number of benzene rings is 2. The number of aliphatic hydroxyl groups excluding tert-OH is 8. The van der Waals surface area contributed by atoms with Crippen LogP contribution in [0.5, 0.6) is 11.5 Å². The maximum Gasteiger partial charge on any atom is 0.145 e. The minimum atomic E-state index is -1.10. The van der Waals surface area contributed by atoms with Crippen LogP contribution in [-0.2, 0) is 28.4 Å². The fourth-order valence-electron chi connectivity index (χ4n) is 8.66. The van der Waals surface area contributed by atoms with Crippen LogP contribution in [0.2, 0.25) is 0 Å². The van der Waals surface area contributed by atoms with E-state index in [0.717, 1.165) is 30.1 Å². The van der Waals surface area contributed by atoms with Crippen molar-refractivity contribution in [2.45, 2.75) is 81.3 Å². The largest absolute Gasteiger partial charge is 0.493 e. The van der Waals surface area contributed by atoms with Gasteiger partial charge in [-0.15, -0.1) is 0 Å². The predicted molar refractivity (Wildman–Crippen MR) is 223 cm³/mol. The summed E-state index contributed by atoms with van der Waals surface area (Å²) in [5.74, 6) is 3.92. The van der Waals surface area contributed by atoms with Crippen LogP contribution in [0.25, 0.3) is 0 Å². The van der Waals surface area contributed by atoms with E-state index in [1.54, 1.807) is 24.3 Å². The van der Waals surface area contributed by atoms with Gasteiger partial charge in [-0.2, -0.15) is 10.2 Å². The van der Waals surface area contributed by atoms with E-state index in [-0.39, 0.29) is 66.1 Å². The third-order valence-electron chi connectivity index (χ3n) is 11.3. The second kappa shape index (κ2) is 26.8. The van der Waals surface area contributed by atoms with Crippen LogP contribution in [-0.4, -0.2) is 183 Å². The molecule has 4 bridgehead atoms. The van der Waals surface area contributed by atoms with Gasteiger partial charge >= 0.3 is 0 Å². The van der Waals surface area contributed by atoms with Gasteiger partial charge in [-0.1, -0.05) is 0 Å². The molecular formula is C44H68N2O16. The molecule has 18 nitrogen and oxygen atoms in total. The molecule has 18 heteroatoms. The number of rotatable bonds is 33. The molecule has 62 heavy (non-hydrogen) atoms. The zero-order valence-corrected chi connectivity index (χ0v) is 35.5. The Bertz CT molecular complexity index is 1430. The average Bonchev–Trinajstić information content (AvgIpc) is 3.27. The van der Waals surface area contributed by atoms with Gasteiger partial charge in [0.15, 0.2) is 0 Å². The summed E-state index contributed by atoms with van der Waals surface area (Å²) in [5, 5.41) is 84.5. The summed E-state index contributed by atoms with van der Waals surface area (Å²) in [6.07, 6.45) is 1.48. The Morgan fingerprint density at radius 1 is 0.468 bits per heavy atom. The second-order valence-electron chi connectivity index (χ2n) is 17.0. The third kappa shape index (κ3) is 17.6. The molecule has 4 saturated carbocycles. The summed E-state index contributed by atoms with van der Waals surface area (Å²) in [6.45, 7) is -2.22. The Morgan fingerprint density at radius 2 is 0.823 bits per heavy atom. The SMILES string of the molecule is OCC(O)COCC(COCC(O)CO)OCC(COC(COCC(O)CO)COCC(O)CO)Oc1ccc(N=Nc2ccc(OCC34CC5CC(CC(C5)C3)C4)cc2)cc1. The molecule has 0 spiro atoms. The molecule has 4 fully saturated rings. The molecule has 0 amide bonds. The molecule has 6 rings (SSSR count). The zero-order chi connectivity index (χ0) is 44.2. The van der Waals surface area contributed by atoms with Crippen LogP contribution in [0.4, 0.5) is 11.4 Å². The maximum atomic E-state index is 9.74. The number of ether oxygens (including phenoxy) is 8. The number of hydrogen-bond acceptors (Lipinski definition) is 18. The van der Waals surface area contributed by atoms with Gasteiger partial charge in [-0.05, 0) is 105 Å². The predicted octanol–water partition coefficient (Wildman–Crippen LogP) is 1.69. The quantitative estimate of drug-likeness (QED) is 0.0475. The van der Waals surface area contributed by atoms with Gasteiger partial charge in [0.25, 0.3) is 0 Å². The summed E-state index contributed by atoms with van der Waals surface area (Å²) in [7, 11) is 0. The summed E-state index contributed by atoms with van der Waals surface area (Å²) < 4.78 is 46.9. The van der Waals surface area contributed by atoms with E-state index in [2.05, 4.69) is 10.2 Å². The second-order valence-corrected chi connectivity index (χ2v) is 17.0. The molecule has 350 valence electrons. The van der Waals surface area contributed by atoms with Crippen molar-refractivity contribution in [3.8, 4) is 11.5 Å². The molecule has 8 N–H and O–H groups in total. The molecule has 0 radical (unpaired) electrons. The standard InChI is InChI=1S/C44H68N2O16/c47-15-35(51)19-55-23-41(24-56-20-36(52)16-48)59-27-43(28-60-42(25-57-21-37(53)17-49)26-58-22-38(54)18-50)62-40-7-3-34(4-8-40)46-45-33-1-5-39(6-2-33)61-29-44-12-30-9-31(13-44)11-32(10-30)14-44/h1-8,30-32,35-38,41-43,47-54H,9-29H2. The van der Waals surface area contributed by atoms with Crippen LogP contribution < -0.4 is 9.47 Å². The van der Waals surface area contributed by atoms with Crippen molar-refractivity contribution in [2.75, 3.05) is 99.1 Å². The molecule has 4 aliphatic rings. The molecule has 2 aromatic rings. The van der Waals surface area contributed by atoms with Crippen molar-refractivity contribution in [3.05, 3.63) is 48.5 Å². The number of azo groups is 1. The molecule has 4 aliphatic carbocycles. The Hall–Kier alpha value is -2.92. The highest BCUT2D eigenvalue weighted by atomic mass is 16.6. The van der Waals surface area contributed by atoms with Gasteiger partial charge in [0.2, 0.25) is 0 Å². The van der Waals surface area contributed by atoms with Crippen molar-refractivity contribution < 1.29 is 78.7 Å². The molecule has 0 aromatic heterocycles. The lowest BCUT2D eigenvalue weighted by Crippen LogP contribution is -2.48. The summed E-state index contributed by atoms with van der Waals surface area (Å²) in [4.78, 5) is 0. The molecule has 0 heterocycles. The van der Waals surface area contributed by atoms with E-state index >= 15 is 0 Å². The molecular weight excluding hydrogens is 812 g/mol. The van der Waals surface area contributed by atoms with Crippen LogP contribution >= 0.6 is 0 Å². The number of nitrogens with zero attached hydrogens (tertiary/aromatic N) is 2. The monoisotopic (exact) mass is 880 g/mol. The summed E-state index contributed by atoms with van der Waals surface area (Å²) in [6, 6.07) is 14.6. The minimum Gasteiger partial charge on any atom is -0.493 e. The van der Waals surface area contributed by atoms with Crippen LogP contribution in [0.15, 0.2) is 58.8 Å². The molecule has 4 unspecified atom stereocenters. The lowest BCUT2D eigenvalue weighted by atomic mass is 9.50. The first-order chi connectivity index (χ1) is 30.1. The zero-order valence-electron chi connectivity index (χ0n) is 35.5. The van der Waals surface area contributed by atoms with Crippen molar-refractivity contribution in [2.24, 2.45) is 33.4 Å². The summed E-state index contributed by atoms with van der Waals surface area (Å²) in [5.41, 5.74) is 1.59. The van der Waals surface area contributed by atoms with E-state index in [4.69, 9.17) is 37.9 Å². The first-order valence-corrected chi connectivity index (χ1v) is 21.7. The lowest BCUT2D eigenvalue weighted by molar-refractivity contribution is -0.123. The Kier molecular flexibility index (Phi) is 21.6. The van der Waals surface area contributed by atoms with Crippen molar-refractivity contribution in [3.63, 3.8) is 0 Å². The fourth-order valence-corrected chi connectivity index (χ4v) is 8.66. The van der Waals surface area contributed by atoms with Crippen LogP contribution in [0, 0.1) is 23.2 Å². The molecule has 4 atom stereocenters. The van der Waals surface area contributed by atoms with E-state index in [9.17, 15) is 40.9 Å². The van der Waals surface area contributed by atoms with Gasteiger partial charge in [0, 0.05) is 5.41 Å². The first-order valence-electron chi connectivity index (χ1n) is 21.7. The van der Waals surface area contributed by atoms with E-state index in [1.165, 1.54) is 38.5 Å². The highest BCUT2D eigenvalue weighted by molar-refractivity contribution is 5.44. The average molecular weight is 881 g/mol. The van der Waals surface area contributed by atoms with Crippen LogP contribution in [0.3, 0.4) is 0 Å². The van der Waals surface area contributed by atoms with Gasteiger partial charge in [0.05, 0.1) is 110 Å². The van der Waals surface area contributed by atoms with E-state index in [1.807, 2.05) is 24.3 Å². The van der Waals surface area contributed by atoms with Gasteiger partial charge in [-0.25, -0.2) is 0 Å². The summed E-state index contributed by atoms with van der Waals surface area (Å²) >= 11 is 0. The smallest absolute Gasteiger partial charge is 0.145 e. The Morgan fingerprint density at radius 3 is 1.18 bits per heavy atom. The van der Waals surface area contributed by atoms with Crippen molar-refractivity contribution in [1.82, 2.24) is 0 Å². The fraction of sp³-hybridized carbons (Fsp3) is 0.727. The molecule has 0 aliphatic heterocycles. The topological polar surface area (TPSA) is 260 Å². The Balaban J connectivity index is 1.19. The number of hydrogen-bond donors (Lipinski definition) is 8. The maximum absolute atomic E-state index is 9.74. The van der Waals surface area contributed by atoms with E-state index in [0.29, 0.717) is 22.5 Å². The van der Waals surface area contributed by atoms with Crippen molar-refractivity contribution >= 4 is 11.4 Å². The van der Waals surface area contributed by atoms with Gasteiger partial charge < -0.3 is 78.7 Å². The van der Waals surface area contributed by atoms with Gasteiger partial charge in [-0.3, -0.25) is 0 Å². The number of aliphatic hydroxyl groups is 8. The highest BCUT2D eigenvalue weighted by Gasteiger charge is 2.51. The normalized spacial score (nSPS) is 24.2. The van der Waals surface area contributed by atoms with Crippen LogP contribution in [0.1, 0.15) is 38.5 Å². The van der Waals surface area contributed by atoms with Gasteiger partial charge in [0.1, 0.15) is 54.2 Å². The first kappa shape index (κ1) is 50.1. The van der Waals surface area contributed by atoms with E-state index < -0.39 is 69.2 Å². The molecule has 0 saturated heterocycles.